The molecule has 0 saturated carbocycles. The van der Waals surface area contributed by atoms with E-state index in [0.717, 1.165) is 44.1 Å². The standard InChI is InChI=1S/C13H21N5O/c1-10-9-12(16-13(14-3)15-10)18-6-4-5-17(7-8-18)11(2)19/h9H,4-8H2,1-3H3,(H,14,15,16). The van der Waals surface area contributed by atoms with Gasteiger partial charge in [0.15, 0.2) is 0 Å². The first-order valence-electron chi connectivity index (χ1n) is 6.64. The normalized spacial score (nSPS) is 16.2. The zero-order valence-corrected chi connectivity index (χ0v) is 11.8. The van der Waals surface area contributed by atoms with Crippen LogP contribution in [0.5, 0.6) is 0 Å². The summed E-state index contributed by atoms with van der Waals surface area (Å²) in [6.07, 6.45) is 0.970. The van der Waals surface area contributed by atoms with Gasteiger partial charge in [-0.2, -0.15) is 4.98 Å². The van der Waals surface area contributed by atoms with E-state index in [0.29, 0.717) is 5.95 Å². The van der Waals surface area contributed by atoms with Crippen molar-refractivity contribution in [1.29, 1.82) is 0 Å². The molecule has 1 saturated heterocycles. The third kappa shape index (κ3) is 3.33. The molecule has 0 aromatic carbocycles. The van der Waals surface area contributed by atoms with Crippen LogP contribution in [-0.4, -0.2) is 54.0 Å². The highest BCUT2D eigenvalue weighted by Crippen LogP contribution is 2.16. The molecule has 1 aliphatic heterocycles. The van der Waals surface area contributed by atoms with E-state index in [1.165, 1.54) is 0 Å². The van der Waals surface area contributed by atoms with Crippen molar-refractivity contribution in [2.45, 2.75) is 20.3 Å². The summed E-state index contributed by atoms with van der Waals surface area (Å²) >= 11 is 0. The summed E-state index contributed by atoms with van der Waals surface area (Å²) in [5, 5.41) is 2.98. The Balaban J connectivity index is 2.13. The molecule has 6 heteroatoms. The van der Waals surface area contributed by atoms with Crippen molar-refractivity contribution < 1.29 is 4.79 Å². The predicted molar refractivity (Wildman–Crippen MR) is 75.4 cm³/mol. The lowest BCUT2D eigenvalue weighted by molar-refractivity contribution is -0.128. The number of aryl methyl sites for hydroxylation is 1. The maximum Gasteiger partial charge on any atom is 0.224 e. The Bertz CT molecular complexity index is 462. The fraction of sp³-hybridized carbons (Fsp3) is 0.615. The summed E-state index contributed by atoms with van der Waals surface area (Å²) in [7, 11) is 1.82. The predicted octanol–water partition coefficient (Wildman–Crippen LogP) is 0.885. The van der Waals surface area contributed by atoms with E-state index in [4.69, 9.17) is 0 Å². The van der Waals surface area contributed by atoms with E-state index in [1.54, 1.807) is 6.92 Å². The molecule has 0 bridgehead atoms. The third-order valence-electron chi connectivity index (χ3n) is 3.33. The minimum absolute atomic E-state index is 0.150. The second kappa shape index (κ2) is 5.86. The number of rotatable bonds is 2. The molecular formula is C13H21N5O. The van der Waals surface area contributed by atoms with Crippen molar-refractivity contribution in [3.05, 3.63) is 11.8 Å². The van der Waals surface area contributed by atoms with Gasteiger partial charge in [-0.25, -0.2) is 4.98 Å². The molecule has 6 nitrogen and oxygen atoms in total. The third-order valence-corrected chi connectivity index (χ3v) is 3.33. The van der Waals surface area contributed by atoms with Gasteiger partial charge in [0.05, 0.1) is 0 Å². The van der Waals surface area contributed by atoms with E-state index < -0.39 is 0 Å². The molecule has 0 radical (unpaired) electrons. The molecule has 19 heavy (non-hydrogen) atoms. The molecule has 0 atom stereocenters. The largest absolute Gasteiger partial charge is 0.357 e. The number of aromatic nitrogens is 2. The first-order valence-corrected chi connectivity index (χ1v) is 6.64. The van der Waals surface area contributed by atoms with Gasteiger partial charge in [-0.05, 0) is 13.3 Å². The quantitative estimate of drug-likeness (QED) is 0.858. The van der Waals surface area contributed by atoms with Gasteiger partial charge in [-0.1, -0.05) is 0 Å². The van der Waals surface area contributed by atoms with E-state index in [9.17, 15) is 4.79 Å². The van der Waals surface area contributed by atoms with Crippen LogP contribution in [0.3, 0.4) is 0 Å². The van der Waals surface area contributed by atoms with Crippen LogP contribution in [0, 0.1) is 6.92 Å². The Labute approximate surface area is 113 Å². The number of hydrogen-bond acceptors (Lipinski definition) is 5. The van der Waals surface area contributed by atoms with Crippen molar-refractivity contribution in [3.8, 4) is 0 Å². The molecule has 2 rings (SSSR count). The summed E-state index contributed by atoms with van der Waals surface area (Å²) in [6.45, 7) is 6.92. The van der Waals surface area contributed by atoms with E-state index in [1.807, 2.05) is 24.9 Å². The fourth-order valence-corrected chi connectivity index (χ4v) is 2.29. The van der Waals surface area contributed by atoms with Gasteiger partial charge in [0.2, 0.25) is 11.9 Å². The van der Waals surface area contributed by atoms with Crippen LogP contribution in [0.25, 0.3) is 0 Å². The maximum atomic E-state index is 11.4. The number of nitrogens with one attached hydrogen (secondary N) is 1. The van der Waals surface area contributed by atoms with Crippen molar-refractivity contribution in [2.75, 3.05) is 43.4 Å². The van der Waals surface area contributed by atoms with Gasteiger partial charge in [0, 0.05) is 51.9 Å². The molecule has 0 spiro atoms. The molecule has 1 aliphatic rings. The minimum atomic E-state index is 0.150. The molecule has 1 amide bonds. The van der Waals surface area contributed by atoms with E-state index in [2.05, 4.69) is 20.2 Å². The van der Waals surface area contributed by atoms with Crippen molar-refractivity contribution in [3.63, 3.8) is 0 Å². The Kier molecular flexibility index (Phi) is 4.19. The molecular weight excluding hydrogens is 242 g/mol. The van der Waals surface area contributed by atoms with E-state index in [-0.39, 0.29) is 5.91 Å². The van der Waals surface area contributed by atoms with Crippen molar-refractivity contribution in [1.82, 2.24) is 14.9 Å². The number of hydrogen-bond donors (Lipinski definition) is 1. The van der Waals surface area contributed by atoms with Gasteiger partial charge < -0.3 is 15.1 Å². The molecule has 0 aliphatic carbocycles. The molecule has 104 valence electrons. The van der Waals surface area contributed by atoms with Crippen LogP contribution in [0.4, 0.5) is 11.8 Å². The van der Waals surface area contributed by atoms with Gasteiger partial charge in [0.25, 0.3) is 0 Å². The first kappa shape index (κ1) is 13.6. The molecule has 1 aromatic heterocycles. The summed E-state index contributed by atoms with van der Waals surface area (Å²) < 4.78 is 0. The van der Waals surface area contributed by atoms with E-state index >= 15 is 0 Å². The highest BCUT2D eigenvalue weighted by Gasteiger charge is 2.18. The minimum Gasteiger partial charge on any atom is -0.357 e. The SMILES string of the molecule is CNc1nc(C)cc(N2CCCN(C(C)=O)CC2)n1. The Morgan fingerprint density at radius 2 is 2.05 bits per heavy atom. The smallest absolute Gasteiger partial charge is 0.224 e. The zero-order valence-electron chi connectivity index (χ0n) is 11.8. The summed E-state index contributed by atoms with van der Waals surface area (Å²) in [4.78, 5) is 24.3. The van der Waals surface area contributed by atoms with Crippen LogP contribution in [0.2, 0.25) is 0 Å². The summed E-state index contributed by atoms with van der Waals surface area (Å²) in [5.41, 5.74) is 0.946. The fourth-order valence-electron chi connectivity index (χ4n) is 2.29. The Morgan fingerprint density at radius 1 is 1.26 bits per heavy atom. The molecule has 2 heterocycles. The zero-order chi connectivity index (χ0) is 13.8. The second-order valence-corrected chi connectivity index (χ2v) is 4.79. The number of nitrogens with zero attached hydrogens (tertiary/aromatic N) is 4. The second-order valence-electron chi connectivity index (χ2n) is 4.79. The lowest BCUT2D eigenvalue weighted by Crippen LogP contribution is -2.34. The maximum absolute atomic E-state index is 11.4. The van der Waals surface area contributed by atoms with Crippen molar-refractivity contribution in [2.24, 2.45) is 0 Å². The average molecular weight is 263 g/mol. The first-order chi connectivity index (χ1) is 9.10. The number of carbonyl (C=O) groups excluding carboxylic acids is 1. The van der Waals surface area contributed by atoms with Crippen LogP contribution in [-0.2, 0) is 4.79 Å². The van der Waals surface area contributed by atoms with Crippen molar-refractivity contribution >= 4 is 17.7 Å². The van der Waals surface area contributed by atoms with Gasteiger partial charge in [-0.15, -0.1) is 0 Å². The lowest BCUT2D eigenvalue weighted by atomic mass is 10.3. The number of anilines is 2. The summed E-state index contributed by atoms with van der Waals surface area (Å²) in [5.74, 6) is 1.72. The van der Waals surface area contributed by atoms with Crippen LogP contribution in [0.1, 0.15) is 19.0 Å². The van der Waals surface area contributed by atoms with Crippen LogP contribution in [0.15, 0.2) is 6.07 Å². The Hall–Kier alpha value is -1.85. The van der Waals surface area contributed by atoms with Gasteiger partial charge >= 0.3 is 0 Å². The number of amides is 1. The summed E-state index contributed by atoms with van der Waals surface area (Å²) in [6, 6.07) is 1.99. The number of carbonyl (C=O) groups is 1. The monoisotopic (exact) mass is 263 g/mol. The molecule has 1 fully saturated rings. The van der Waals surface area contributed by atoms with Gasteiger partial charge in [0.1, 0.15) is 5.82 Å². The molecule has 1 aromatic rings. The Morgan fingerprint density at radius 3 is 2.74 bits per heavy atom. The highest BCUT2D eigenvalue weighted by atomic mass is 16.2. The topological polar surface area (TPSA) is 61.4 Å². The molecule has 1 N–H and O–H groups in total. The van der Waals surface area contributed by atoms with Gasteiger partial charge in [-0.3, -0.25) is 4.79 Å². The average Bonchev–Trinajstić information content (AvgIpc) is 2.63. The highest BCUT2D eigenvalue weighted by molar-refractivity contribution is 5.73. The van der Waals surface area contributed by atoms with Crippen LogP contribution >= 0.6 is 0 Å². The molecule has 0 unspecified atom stereocenters. The van der Waals surface area contributed by atoms with Crippen LogP contribution < -0.4 is 10.2 Å². The lowest BCUT2D eigenvalue weighted by Gasteiger charge is -2.22.